The van der Waals surface area contributed by atoms with Crippen molar-refractivity contribution in [1.82, 2.24) is 5.32 Å². The average Bonchev–Trinajstić information content (AvgIpc) is 3.50. The molecule has 1 N–H and O–H groups in total. The van der Waals surface area contributed by atoms with E-state index in [1.807, 2.05) is 36.4 Å². The Labute approximate surface area is 260 Å². The van der Waals surface area contributed by atoms with Crippen LogP contribution in [0.15, 0.2) is 166 Å². The van der Waals surface area contributed by atoms with Gasteiger partial charge in [-0.3, -0.25) is 0 Å². The van der Waals surface area contributed by atoms with Gasteiger partial charge in [-0.15, -0.1) is 0 Å². The highest BCUT2D eigenvalue weighted by atomic mass is 16.3. The first-order valence-corrected chi connectivity index (χ1v) is 15.2. The summed E-state index contributed by atoms with van der Waals surface area (Å²) in [6.07, 6.45) is -0.336. The van der Waals surface area contributed by atoms with Gasteiger partial charge >= 0.3 is 0 Å². The van der Waals surface area contributed by atoms with Crippen LogP contribution in [0.25, 0.3) is 54.6 Å². The number of nitrogens with zero attached hydrogens (tertiary/aromatic N) is 2. The molecule has 4 heteroatoms. The zero-order valence-electron chi connectivity index (χ0n) is 24.3. The Bertz CT molecular complexity index is 2460. The Balaban J connectivity index is 1.27. The Morgan fingerprint density at radius 1 is 0.511 bits per heavy atom. The van der Waals surface area contributed by atoms with Crippen LogP contribution in [0.5, 0.6) is 0 Å². The van der Waals surface area contributed by atoms with Gasteiger partial charge in [0.2, 0.25) is 0 Å². The summed E-state index contributed by atoms with van der Waals surface area (Å²) < 4.78 is 6.43. The summed E-state index contributed by atoms with van der Waals surface area (Å²) in [4.78, 5) is 10.5. The number of nitrogens with one attached hydrogen (secondary N) is 1. The van der Waals surface area contributed by atoms with Crippen LogP contribution in [0, 0.1) is 0 Å². The van der Waals surface area contributed by atoms with E-state index in [2.05, 4.69) is 121 Å². The molecule has 1 unspecified atom stereocenters. The molecule has 0 spiro atoms. The van der Waals surface area contributed by atoms with Crippen LogP contribution in [-0.4, -0.2) is 11.7 Å². The molecule has 0 aliphatic carbocycles. The summed E-state index contributed by atoms with van der Waals surface area (Å²) in [5, 5.41) is 10.6. The van der Waals surface area contributed by atoms with Crippen LogP contribution >= 0.6 is 0 Å². The molecule has 45 heavy (non-hydrogen) atoms. The van der Waals surface area contributed by atoms with Crippen LogP contribution in [0.4, 0.5) is 0 Å². The van der Waals surface area contributed by atoms with Crippen LogP contribution in [-0.2, 0) is 0 Å². The predicted octanol–water partition coefficient (Wildman–Crippen LogP) is 10.1. The predicted molar refractivity (Wildman–Crippen MR) is 186 cm³/mol. The van der Waals surface area contributed by atoms with E-state index in [1.165, 1.54) is 21.5 Å². The van der Waals surface area contributed by atoms with Crippen LogP contribution in [0.1, 0.15) is 22.9 Å². The molecule has 2 heterocycles. The van der Waals surface area contributed by atoms with Gasteiger partial charge in [-0.25, -0.2) is 9.98 Å². The largest absolute Gasteiger partial charge is 0.456 e. The zero-order valence-corrected chi connectivity index (χ0v) is 24.3. The number of furan rings is 1. The lowest BCUT2D eigenvalue weighted by Gasteiger charge is -2.24. The maximum Gasteiger partial charge on any atom is 0.160 e. The van der Waals surface area contributed by atoms with Crippen LogP contribution in [0.3, 0.4) is 0 Å². The zero-order chi connectivity index (χ0) is 29.7. The second-order valence-electron chi connectivity index (χ2n) is 11.5. The van der Waals surface area contributed by atoms with Gasteiger partial charge in [0.25, 0.3) is 0 Å². The molecule has 1 aromatic heterocycles. The average molecular weight is 578 g/mol. The fraction of sp³-hybridized carbons (Fsp3) is 0.0244. The third-order valence-electron chi connectivity index (χ3n) is 8.70. The van der Waals surface area contributed by atoms with E-state index >= 15 is 0 Å². The third kappa shape index (κ3) is 4.38. The molecule has 1 aliphatic rings. The molecular formula is C41H27N3O. The van der Waals surface area contributed by atoms with Crippen molar-refractivity contribution in [1.29, 1.82) is 0 Å². The number of hydrogen-bond donors (Lipinski definition) is 1. The lowest BCUT2D eigenvalue weighted by atomic mass is 9.97. The van der Waals surface area contributed by atoms with Crippen molar-refractivity contribution < 1.29 is 4.42 Å². The van der Waals surface area contributed by atoms with E-state index in [9.17, 15) is 0 Å². The first kappa shape index (κ1) is 25.5. The molecule has 0 amide bonds. The fourth-order valence-corrected chi connectivity index (χ4v) is 6.51. The Hall–Kier alpha value is -6.00. The molecule has 0 fully saturated rings. The summed E-state index contributed by atoms with van der Waals surface area (Å²) in [6.45, 7) is 0. The van der Waals surface area contributed by atoms with Crippen molar-refractivity contribution in [2.24, 2.45) is 9.98 Å². The smallest absolute Gasteiger partial charge is 0.160 e. The monoisotopic (exact) mass is 577 g/mol. The van der Waals surface area contributed by atoms with Crippen LogP contribution in [0.2, 0.25) is 0 Å². The molecule has 0 saturated heterocycles. The lowest BCUT2D eigenvalue weighted by molar-refractivity contribution is 0.668. The number of para-hydroxylation sites is 1. The first-order chi connectivity index (χ1) is 22.3. The van der Waals surface area contributed by atoms with Gasteiger partial charge in [-0.1, -0.05) is 127 Å². The van der Waals surface area contributed by atoms with E-state index in [-0.39, 0.29) is 6.17 Å². The molecule has 4 nitrogen and oxygen atoms in total. The summed E-state index contributed by atoms with van der Waals surface area (Å²) in [7, 11) is 0. The molecule has 0 bridgehead atoms. The normalized spacial score (nSPS) is 14.9. The van der Waals surface area contributed by atoms with Gasteiger partial charge in [0.05, 0.1) is 0 Å². The van der Waals surface area contributed by atoms with Gasteiger partial charge in [0.1, 0.15) is 23.2 Å². The molecule has 1 atom stereocenters. The maximum atomic E-state index is 6.43. The Kier molecular flexibility index (Phi) is 5.85. The summed E-state index contributed by atoms with van der Waals surface area (Å²) in [6, 6.07) is 52.8. The van der Waals surface area contributed by atoms with Crippen LogP contribution < -0.4 is 5.32 Å². The fourth-order valence-electron chi connectivity index (χ4n) is 6.51. The van der Waals surface area contributed by atoms with Crippen molar-refractivity contribution in [3.63, 3.8) is 0 Å². The Morgan fingerprint density at radius 2 is 1.20 bits per heavy atom. The van der Waals surface area contributed by atoms with Gasteiger partial charge in [-0.05, 0) is 62.5 Å². The molecule has 8 aromatic rings. The highest BCUT2D eigenvalue weighted by molar-refractivity contribution is 6.22. The molecule has 0 saturated carbocycles. The molecule has 212 valence electrons. The molecule has 0 radical (unpaired) electrons. The summed E-state index contributed by atoms with van der Waals surface area (Å²) in [5.74, 6) is 1.46. The highest BCUT2D eigenvalue weighted by Gasteiger charge is 2.24. The minimum Gasteiger partial charge on any atom is -0.456 e. The quantitative estimate of drug-likeness (QED) is 0.212. The van der Waals surface area contributed by atoms with Gasteiger partial charge < -0.3 is 9.73 Å². The number of benzene rings is 7. The third-order valence-corrected chi connectivity index (χ3v) is 8.70. The summed E-state index contributed by atoms with van der Waals surface area (Å²) >= 11 is 0. The SMILES string of the molecule is c1ccc(C2=NC(c3cc(-c4ccccc4)cc4oc5ccccc5c34)=NC(c3ccc4c(ccc5ccccc54)c3)N2)cc1. The molecular weight excluding hydrogens is 550 g/mol. The van der Waals surface area contributed by atoms with E-state index in [0.29, 0.717) is 5.84 Å². The molecule has 9 rings (SSSR count). The first-order valence-electron chi connectivity index (χ1n) is 15.2. The lowest BCUT2D eigenvalue weighted by Crippen LogP contribution is -2.33. The highest BCUT2D eigenvalue weighted by Crippen LogP contribution is 2.37. The maximum absolute atomic E-state index is 6.43. The number of aliphatic imine (C=N–C) groups is 2. The standard InChI is InChI=1S/C41H27N3O/c1-3-11-26(12-4-1)31-24-35(38-34-17-9-10-18-36(34)45-37(38)25-31)41-43-39(28-14-5-2-6-15-28)42-40(44-41)30-21-22-33-29(23-30)20-19-27-13-7-8-16-32(27)33/h1-25,40H,(H,42,43,44). The van der Waals surface area contributed by atoms with Gasteiger partial charge in [0.15, 0.2) is 5.84 Å². The van der Waals surface area contributed by atoms with Gasteiger partial charge in [-0.2, -0.15) is 0 Å². The molecule has 1 aliphatic heterocycles. The van der Waals surface area contributed by atoms with Crippen molar-refractivity contribution in [3.05, 3.63) is 168 Å². The minimum absolute atomic E-state index is 0.336. The van der Waals surface area contributed by atoms with E-state index < -0.39 is 0 Å². The summed E-state index contributed by atoms with van der Waals surface area (Å²) in [5.41, 5.74) is 6.87. The van der Waals surface area contributed by atoms with Crippen molar-refractivity contribution in [2.75, 3.05) is 0 Å². The van der Waals surface area contributed by atoms with E-state index in [1.54, 1.807) is 0 Å². The van der Waals surface area contributed by atoms with Crippen molar-refractivity contribution >= 4 is 55.2 Å². The number of rotatable bonds is 4. The number of hydrogen-bond acceptors (Lipinski definition) is 4. The minimum atomic E-state index is -0.336. The topological polar surface area (TPSA) is 49.9 Å². The second kappa shape index (κ2) is 10.3. The van der Waals surface area contributed by atoms with Crippen molar-refractivity contribution in [3.8, 4) is 11.1 Å². The Morgan fingerprint density at radius 3 is 2.04 bits per heavy atom. The number of fused-ring (bicyclic) bond motifs is 6. The van der Waals surface area contributed by atoms with Crippen molar-refractivity contribution in [2.45, 2.75) is 6.17 Å². The van der Waals surface area contributed by atoms with E-state index in [0.717, 1.165) is 55.6 Å². The second-order valence-corrected chi connectivity index (χ2v) is 11.5. The molecule has 7 aromatic carbocycles. The number of amidine groups is 2. The van der Waals surface area contributed by atoms with E-state index in [4.69, 9.17) is 14.4 Å². The van der Waals surface area contributed by atoms with Gasteiger partial charge in [0, 0.05) is 21.9 Å².